The van der Waals surface area contributed by atoms with E-state index >= 15 is 0 Å². The van der Waals surface area contributed by atoms with Gasteiger partial charge in [0.1, 0.15) is 11.8 Å². The van der Waals surface area contributed by atoms with Crippen LogP contribution in [0.25, 0.3) is 10.9 Å². The molecule has 0 saturated carbocycles. The summed E-state index contributed by atoms with van der Waals surface area (Å²) in [6.07, 6.45) is 0. The second-order valence-electron chi connectivity index (χ2n) is 3.92. The van der Waals surface area contributed by atoms with E-state index in [1.165, 1.54) is 5.56 Å². The number of nitrogens with zero attached hydrogens (tertiary/aromatic N) is 2. The molecule has 0 N–H and O–H groups in total. The predicted molar refractivity (Wildman–Crippen MR) is 60.5 cm³/mol. The summed E-state index contributed by atoms with van der Waals surface area (Å²) in [5.41, 5.74) is 2.66. The molecule has 0 aliphatic rings. The van der Waals surface area contributed by atoms with E-state index in [2.05, 4.69) is 31.0 Å². The molecule has 2 aromatic rings. The van der Waals surface area contributed by atoms with Gasteiger partial charge in [0.25, 0.3) is 0 Å². The zero-order valence-electron chi connectivity index (χ0n) is 8.86. The Balaban J connectivity index is 2.61. The minimum absolute atomic E-state index is 0.472. The SMILES string of the molecule is CC(C)c1ccc2nc(C#N)ccc2c1. The number of fused-ring (bicyclic) bond motifs is 1. The fraction of sp³-hybridized carbons (Fsp3) is 0.231. The van der Waals surface area contributed by atoms with Gasteiger partial charge in [-0.2, -0.15) is 5.26 Å². The van der Waals surface area contributed by atoms with Crippen molar-refractivity contribution in [2.24, 2.45) is 0 Å². The van der Waals surface area contributed by atoms with Crippen LogP contribution in [-0.2, 0) is 0 Å². The Hall–Kier alpha value is -1.88. The maximum absolute atomic E-state index is 8.73. The summed E-state index contributed by atoms with van der Waals surface area (Å²) in [6.45, 7) is 4.33. The van der Waals surface area contributed by atoms with Crippen LogP contribution in [-0.4, -0.2) is 4.98 Å². The minimum Gasteiger partial charge on any atom is -0.237 e. The summed E-state index contributed by atoms with van der Waals surface area (Å²) >= 11 is 0. The van der Waals surface area contributed by atoms with E-state index in [4.69, 9.17) is 5.26 Å². The molecule has 0 atom stereocenters. The number of rotatable bonds is 1. The van der Waals surface area contributed by atoms with Gasteiger partial charge in [0.2, 0.25) is 0 Å². The number of hydrogen-bond donors (Lipinski definition) is 0. The van der Waals surface area contributed by atoms with Crippen molar-refractivity contribution in [2.45, 2.75) is 19.8 Å². The molecular weight excluding hydrogens is 184 g/mol. The molecule has 1 heterocycles. The first-order valence-electron chi connectivity index (χ1n) is 5.01. The van der Waals surface area contributed by atoms with Crippen molar-refractivity contribution in [1.82, 2.24) is 4.98 Å². The predicted octanol–water partition coefficient (Wildman–Crippen LogP) is 3.23. The summed E-state index contributed by atoms with van der Waals surface area (Å²) in [5.74, 6) is 0.519. The molecule has 0 bridgehead atoms. The van der Waals surface area contributed by atoms with Gasteiger partial charge >= 0.3 is 0 Å². The molecule has 15 heavy (non-hydrogen) atoms. The van der Waals surface area contributed by atoms with Crippen molar-refractivity contribution in [3.63, 3.8) is 0 Å². The van der Waals surface area contributed by atoms with Crippen LogP contribution in [0.15, 0.2) is 30.3 Å². The average Bonchev–Trinajstić information content (AvgIpc) is 2.27. The first kappa shape index (κ1) is 9.67. The Kier molecular flexibility index (Phi) is 2.39. The molecule has 0 fully saturated rings. The fourth-order valence-electron chi connectivity index (χ4n) is 1.57. The summed E-state index contributed by atoms with van der Waals surface area (Å²) in [4.78, 5) is 4.23. The average molecular weight is 196 g/mol. The second kappa shape index (κ2) is 3.70. The molecular formula is C13H12N2. The molecule has 0 spiro atoms. The standard InChI is InChI=1S/C13H12N2/c1-9(2)10-4-6-13-11(7-10)3-5-12(8-14)15-13/h3-7,9H,1-2H3. The van der Waals surface area contributed by atoms with Gasteiger partial charge < -0.3 is 0 Å². The van der Waals surface area contributed by atoms with E-state index < -0.39 is 0 Å². The van der Waals surface area contributed by atoms with Crippen LogP contribution in [0.5, 0.6) is 0 Å². The Bertz CT molecular complexity index is 536. The van der Waals surface area contributed by atoms with E-state index in [1.807, 2.05) is 18.2 Å². The van der Waals surface area contributed by atoms with E-state index in [0.717, 1.165) is 10.9 Å². The van der Waals surface area contributed by atoms with Gasteiger partial charge in [-0.3, -0.25) is 0 Å². The summed E-state index contributed by atoms with van der Waals surface area (Å²) < 4.78 is 0. The highest BCUT2D eigenvalue weighted by Gasteiger charge is 2.02. The molecule has 0 radical (unpaired) electrons. The van der Waals surface area contributed by atoms with Gasteiger partial charge in [-0.15, -0.1) is 0 Å². The van der Waals surface area contributed by atoms with Gasteiger partial charge in [-0.05, 0) is 35.7 Å². The molecule has 2 nitrogen and oxygen atoms in total. The molecule has 0 saturated heterocycles. The van der Waals surface area contributed by atoms with E-state index in [0.29, 0.717) is 11.6 Å². The maximum Gasteiger partial charge on any atom is 0.141 e. The summed E-state index contributed by atoms with van der Waals surface area (Å²) in [6, 6.07) is 11.9. The lowest BCUT2D eigenvalue weighted by atomic mass is 10.0. The van der Waals surface area contributed by atoms with Crippen molar-refractivity contribution in [1.29, 1.82) is 5.26 Å². The van der Waals surface area contributed by atoms with Gasteiger partial charge in [0, 0.05) is 5.39 Å². The molecule has 0 amide bonds. The topological polar surface area (TPSA) is 36.7 Å². The Morgan fingerprint density at radius 1 is 1.20 bits per heavy atom. The third-order valence-electron chi connectivity index (χ3n) is 2.49. The number of pyridine rings is 1. The van der Waals surface area contributed by atoms with E-state index in [-0.39, 0.29) is 0 Å². The third-order valence-corrected chi connectivity index (χ3v) is 2.49. The van der Waals surface area contributed by atoms with Crippen LogP contribution in [0.4, 0.5) is 0 Å². The van der Waals surface area contributed by atoms with Crippen molar-refractivity contribution in [2.75, 3.05) is 0 Å². The normalized spacial score (nSPS) is 10.5. The number of hydrogen-bond acceptors (Lipinski definition) is 2. The van der Waals surface area contributed by atoms with Gasteiger partial charge in [-0.1, -0.05) is 19.9 Å². The molecule has 0 aliphatic heterocycles. The number of aromatic nitrogens is 1. The monoisotopic (exact) mass is 196 g/mol. The van der Waals surface area contributed by atoms with Crippen molar-refractivity contribution in [3.8, 4) is 6.07 Å². The Labute approximate surface area is 89.2 Å². The first-order chi connectivity index (χ1) is 7.20. The molecule has 74 valence electrons. The Morgan fingerprint density at radius 2 is 2.00 bits per heavy atom. The van der Waals surface area contributed by atoms with Crippen molar-refractivity contribution >= 4 is 10.9 Å². The van der Waals surface area contributed by atoms with E-state index in [1.54, 1.807) is 6.07 Å². The minimum atomic E-state index is 0.472. The van der Waals surface area contributed by atoms with Crippen molar-refractivity contribution in [3.05, 3.63) is 41.6 Å². The Morgan fingerprint density at radius 3 is 2.67 bits per heavy atom. The van der Waals surface area contributed by atoms with Crippen LogP contribution in [0.1, 0.15) is 31.0 Å². The van der Waals surface area contributed by atoms with Crippen LogP contribution in [0, 0.1) is 11.3 Å². The summed E-state index contributed by atoms with van der Waals surface area (Å²) in [5, 5.41) is 9.82. The maximum atomic E-state index is 8.73. The molecule has 0 unspecified atom stereocenters. The smallest absolute Gasteiger partial charge is 0.141 e. The quantitative estimate of drug-likeness (QED) is 0.702. The van der Waals surface area contributed by atoms with Crippen LogP contribution < -0.4 is 0 Å². The van der Waals surface area contributed by atoms with Crippen LogP contribution in [0.3, 0.4) is 0 Å². The van der Waals surface area contributed by atoms with Gasteiger partial charge in [0.05, 0.1) is 5.52 Å². The zero-order chi connectivity index (χ0) is 10.8. The highest BCUT2D eigenvalue weighted by Crippen LogP contribution is 2.20. The molecule has 2 heteroatoms. The molecule has 1 aromatic heterocycles. The lowest BCUT2D eigenvalue weighted by Gasteiger charge is -2.06. The largest absolute Gasteiger partial charge is 0.237 e. The molecule has 1 aromatic carbocycles. The van der Waals surface area contributed by atoms with Gasteiger partial charge in [0.15, 0.2) is 0 Å². The number of benzene rings is 1. The number of nitriles is 1. The van der Waals surface area contributed by atoms with Crippen molar-refractivity contribution < 1.29 is 0 Å². The first-order valence-corrected chi connectivity index (χ1v) is 5.01. The fourth-order valence-corrected chi connectivity index (χ4v) is 1.57. The lowest BCUT2D eigenvalue weighted by molar-refractivity contribution is 0.868. The van der Waals surface area contributed by atoms with Crippen LogP contribution >= 0.6 is 0 Å². The van der Waals surface area contributed by atoms with E-state index in [9.17, 15) is 0 Å². The molecule has 0 aliphatic carbocycles. The summed E-state index contributed by atoms with van der Waals surface area (Å²) in [7, 11) is 0. The van der Waals surface area contributed by atoms with Gasteiger partial charge in [-0.25, -0.2) is 4.98 Å². The lowest BCUT2D eigenvalue weighted by Crippen LogP contribution is -1.89. The highest BCUT2D eigenvalue weighted by atomic mass is 14.7. The zero-order valence-corrected chi connectivity index (χ0v) is 8.86. The van der Waals surface area contributed by atoms with Crippen LogP contribution in [0.2, 0.25) is 0 Å². The highest BCUT2D eigenvalue weighted by molar-refractivity contribution is 5.79. The second-order valence-corrected chi connectivity index (χ2v) is 3.92. The molecule has 2 rings (SSSR count). The third kappa shape index (κ3) is 1.82.